The predicted octanol–water partition coefficient (Wildman–Crippen LogP) is 4.89. The van der Waals surface area contributed by atoms with E-state index in [9.17, 15) is 9.59 Å². The summed E-state index contributed by atoms with van der Waals surface area (Å²) in [6.45, 7) is 1.83. The van der Waals surface area contributed by atoms with E-state index in [0.29, 0.717) is 12.0 Å². The normalized spacial score (nSPS) is 12.9. The fourth-order valence-electron chi connectivity index (χ4n) is 3.45. The molecule has 0 radical (unpaired) electrons. The van der Waals surface area contributed by atoms with Crippen LogP contribution in [0.5, 0.6) is 0 Å². The van der Waals surface area contributed by atoms with E-state index in [1.165, 1.54) is 23.2 Å². The highest BCUT2D eigenvalue weighted by atomic mass is 32.1. The highest BCUT2D eigenvalue weighted by Crippen LogP contribution is 2.26. The molecule has 0 atom stereocenters. The molecule has 1 N–H and O–H groups in total. The Morgan fingerprint density at radius 3 is 2.82 bits per heavy atom. The number of fused-ring (bicyclic) bond motifs is 1. The van der Waals surface area contributed by atoms with Crippen LogP contribution in [0.3, 0.4) is 0 Å². The average Bonchev–Trinajstić information content (AvgIpc) is 3.20. The summed E-state index contributed by atoms with van der Waals surface area (Å²) in [7, 11) is 0. The molecule has 0 aromatic carbocycles. The van der Waals surface area contributed by atoms with Crippen LogP contribution in [0.4, 0.5) is 5.69 Å². The summed E-state index contributed by atoms with van der Waals surface area (Å²) in [5.41, 5.74) is 2.52. The Morgan fingerprint density at radius 2 is 2.04 bits per heavy atom. The molecule has 0 spiro atoms. The van der Waals surface area contributed by atoms with E-state index < -0.39 is 5.97 Å². The molecule has 28 heavy (non-hydrogen) atoms. The number of aliphatic carboxylic acids is 1. The zero-order valence-electron chi connectivity index (χ0n) is 15.8. The van der Waals surface area contributed by atoms with Gasteiger partial charge in [0.25, 0.3) is 0 Å². The monoisotopic (exact) mass is 399 g/mol. The van der Waals surface area contributed by atoms with Crippen LogP contribution in [-0.4, -0.2) is 24.2 Å². The molecular formula is C22H25NO4S. The molecule has 0 saturated heterocycles. The van der Waals surface area contributed by atoms with Crippen molar-refractivity contribution >= 4 is 23.0 Å². The van der Waals surface area contributed by atoms with Gasteiger partial charge in [0.15, 0.2) is 0 Å². The molecule has 0 unspecified atom stereocenters. The Balaban J connectivity index is 1.82. The second kappa shape index (κ2) is 10.1. The van der Waals surface area contributed by atoms with Gasteiger partial charge in [-0.05, 0) is 54.8 Å². The minimum absolute atomic E-state index is 0.228. The smallest absolute Gasteiger partial charge is 0.344 e. The summed E-state index contributed by atoms with van der Waals surface area (Å²) in [6.07, 6.45) is 6.33. The average molecular weight is 400 g/mol. The quantitative estimate of drug-likeness (QED) is 0.671. The van der Waals surface area contributed by atoms with Gasteiger partial charge in [0.05, 0.1) is 11.8 Å². The zero-order valence-corrected chi connectivity index (χ0v) is 16.6. The molecule has 0 fully saturated rings. The third kappa shape index (κ3) is 5.45. The van der Waals surface area contributed by atoms with Gasteiger partial charge in [-0.3, -0.25) is 4.79 Å². The predicted molar refractivity (Wildman–Crippen MR) is 113 cm³/mol. The highest BCUT2D eigenvalue weighted by molar-refractivity contribution is 7.13. The first-order valence-electron chi connectivity index (χ1n) is 9.65. The Hall–Kier alpha value is -2.60. The van der Waals surface area contributed by atoms with E-state index in [4.69, 9.17) is 9.52 Å². The first kappa shape index (κ1) is 20.1. The molecule has 6 heteroatoms. The van der Waals surface area contributed by atoms with Crippen molar-refractivity contribution < 1.29 is 14.3 Å². The number of nitrogens with zero attached hydrogens (tertiary/aromatic N) is 1. The fourth-order valence-corrected chi connectivity index (χ4v) is 4.19. The lowest BCUT2D eigenvalue weighted by Crippen LogP contribution is -2.30. The summed E-state index contributed by atoms with van der Waals surface area (Å²) in [5.74, 6) is -0.736. The molecule has 2 aromatic rings. The maximum atomic E-state index is 12.4. The molecule has 3 rings (SSSR count). The topological polar surface area (TPSA) is 70.8 Å². The number of thiophene rings is 1. The summed E-state index contributed by atoms with van der Waals surface area (Å²) in [4.78, 5) is 26.3. The van der Waals surface area contributed by atoms with E-state index in [-0.39, 0.29) is 12.0 Å². The Bertz CT molecular complexity index is 903. The largest absolute Gasteiger partial charge is 0.481 e. The number of hydrogen-bond donors (Lipinski definition) is 1. The van der Waals surface area contributed by atoms with Gasteiger partial charge in [-0.1, -0.05) is 24.6 Å². The molecule has 0 saturated carbocycles. The van der Waals surface area contributed by atoms with Crippen molar-refractivity contribution in [3.8, 4) is 10.4 Å². The molecule has 0 aliphatic carbocycles. The Kier molecular flexibility index (Phi) is 7.25. The summed E-state index contributed by atoms with van der Waals surface area (Å²) in [5, 5.41) is 10.7. The Morgan fingerprint density at radius 1 is 1.14 bits per heavy atom. The molecule has 1 aliphatic rings. The third-order valence-electron chi connectivity index (χ3n) is 4.83. The van der Waals surface area contributed by atoms with Gasteiger partial charge in [0.2, 0.25) is 0 Å². The van der Waals surface area contributed by atoms with Gasteiger partial charge in [0.1, 0.15) is 0 Å². The van der Waals surface area contributed by atoms with Crippen LogP contribution >= 0.6 is 11.3 Å². The number of unbranched alkanes of at least 4 members (excludes halogenated alkanes) is 2. The van der Waals surface area contributed by atoms with E-state index in [1.54, 1.807) is 0 Å². The van der Waals surface area contributed by atoms with Crippen LogP contribution in [0.25, 0.3) is 10.4 Å². The van der Waals surface area contributed by atoms with Crippen molar-refractivity contribution in [2.45, 2.75) is 38.5 Å². The first-order chi connectivity index (χ1) is 13.6. The van der Waals surface area contributed by atoms with Gasteiger partial charge in [-0.2, -0.15) is 0 Å². The fraction of sp³-hybridized carbons (Fsp3) is 0.364. The number of carboxylic acids is 1. The van der Waals surface area contributed by atoms with Crippen LogP contribution in [0.1, 0.15) is 37.7 Å². The van der Waals surface area contributed by atoms with E-state index >= 15 is 0 Å². The lowest BCUT2D eigenvalue weighted by Gasteiger charge is -2.30. The number of hydrogen-bond acceptors (Lipinski definition) is 5. The van der Waals surface area contributed by atoms with E-state index in [0.717, 1.165) is 49.3 Å². The first-order valence-corrected chi connectivity index (χ1v) is 10.5. The van der Waals surface area contributed by atoms with Gasteiger partial charge >= 0.3 is 11.6 Å². The molecule has 0 bridgehead atoms. The number of anilines is 1. The molecule has 1 aliphatic heterocycles. The van der Waals surface area contributed by atoms with E-state index in [2.05, 4.69) is 11.0 Å². The molecule has 148 valence electrons. The van der Waals surface area contributed by atoms with Crippen LogP contribution in [0.2, 0.25) is 0 Å². The lowest BCUT2D eigenvalue weighted by atomic mass is 10.0. The van der Waals surface area contributed by atoms with Crippen molar-refractivity contribution in [1.82, 2.24) is 0 Å². The van der Waals surface area contributed by atoms with Crippen molar-refractivity contribution in [1.29, 1.82) is 0 Å². The minimum atomic E-state index is -0.736. The maximum Gasteiger partial charge on any atom is 0.344 e. The zero-order chi connectivity index (χ0) is 19.8. The molecule has 0 amide bonds. The van der Waals surface area contributed by atoms with Crippen molar-refractivity contribution in [3.63, 3.8) is 0 Å². The molecule has 3 heterocycles. The summed E-state index contributed by atoms with van der Waals surface area (Å²) < 4.78 is 5.38. The lowest BCUT2D eigenvalue weighted by molar-refractivity contribution is -0.137. The molecule has 2 aromatic heterocycles. The van der Waals surface area contributed by atoms with E-state index in [1.807, 2.05) is 35.7 Å². The van der Waals surface area contributed by atoms with Crippen molar-refractivity contribution in [3.05, 3.63) is 64.0 Å². The SMILES string of the molecule is O=C(O)CCCCCN1CCCc2cccc(-c3cccs3)c(=O)occc21. The summed E-state index contributed by atoms with van der Waals surface area (Å²) in [6, 6.07) is 11.6. The number of carbonyl (C=O) groups is 1. The third-order valence-corrected chi connectivity index (χ3v) is 5.73. The maximum absolute atomic E-state index is 12.4. The number of rotatable bonds is 7. The van der Waals surface area contributed by atoms with Gasteiger partial charge < -0.3 is 14.4 Å². The van der Waals surface area contributed by atoms with Crippen LogP contribution < -0.4 is 10.5 Å². The highest BCUT2D eigenvalue weighted by Gasteiger charge is 2.15. The Labute approximate surface area is 168 Å². The van der Waals surface area contributed by atoms with Crippen LogP contribution in [-0.2, 0) is 11.2 Å². The second-order valence-electron chi connectivity index (χ2n) is 6.83. The van der Waals surface area contributed by atoms with Gasteiger partial charge in [-0.15, -0.1) is 11.3 Å². The van der Waals surface area contributed by atoms with Crippen LogP contribution in [0, 0.1) is 0 Å². The van der Waals surface area contributed by atoms with Crippen LogP contribution in [0.15, 0.2) is 57.3 Å². The number of aryl methyl sites for hydroxylation is 1. The van der Waals surface area contributed by atoms with Gasteiger partial charge in [-0.25, -0.2) is 4.79 Å². The minimum Gasteiger partial charge on any atom is -0.481 e. The molecular weight excluding hydrogens is 374 g/mol. The van der Waals surface area contributed by atoms with Gasteiger partial charge in [0, 0.05) is 30.1 Å². The molecule has 5 nitrogen and oxygen atoms in total. The standard InChI is InChI=1S/C22H25NO4S/c24-21(25)11-2-1-3-13-23-14-5-8-17-7-4-9-18(20-10-6-16-28-20)22(26)27-15-12-19(17)23/h4,6-7,9-10,12,15-16H,1-3,5,8,11,13-14H2,(H,24,25). The second-order valence-corrected chi connectivity index (χ2v) is 7.78. The van der Waals surface area contributed by atoms with Crippen molar-refractivity contribution in [2.75, 3.05) is 18.0 Å². The van der Waals surface area contributed by atoms with Crippen molar-refractivity contribution in [2.24, 2.45) is 0 Å². The number of carboxylic acid groups (broad SMARTS) is 1. The summed E-state index contributed by atoms with van der Waals surface area (Å²) >= 11 is 1.52.